The van der Waals surface area contributed by atoms with Gasteiger partial charge in [-0.05, 0) is 34.6 Å². The molecule has 3 aromatic rings. The number of nitrogen functional groups attached to an aromatic ring is 1. The molecule has 3 aromatic heterocycles. The molecule has 0 radical (unpaired) electrons. The van der Waals surface area contributed by atoms with Gasteiger partial charge < -0.3 is 34.7 Å². The predicted octanol–water partition coefficient (Wildman–Crippen LogP) is 1.37. The molecular formula is C22H32N8O6. The first-order valence-electron chi connectivity index (χ1n) is 11.4. The third-order valence-electron chi connectivity index (χ3n) is 5.70. The molecule has 0 aromatic carbocycles. The Bertz CT molecular complexity index is 1240. The Hall–Kier alpha value is -3.17. The van der Waals surface area contributed by atoms with E-state index in [0.29, 0.717) is 16.7 Å². The highest BCUT2D eigenvalue weighted by Gasteiger charge is 2.39. The summed E-state index contributed by atoms with van der Waals surface area (Å²) in [5, 5.41) is 6.72. The summed E-state index contributed by atoms with van der Waals surface area (Å²) in [5.41, 5.74) is 7.24. The lowest BCUT2D eigenvalue weighted by Crippen LogP contribution is -2.39. The lowest BCUT2D eigenvalue weighted by atomic mass is 10.2. The topological polar surface area (TPSA) is 163 Å². The fourth-order valence-corrected chi connectivity index (χ4v) is 3.60. The van der Waals surface area contributed by atoms with E-state index in [2.05, 4.69) is 25.4 Å². The second kappa shape index (κ2) is 9.71. The predicted molar refractivity (Wildman–Crippen MR) is 127 cm³/mol. The maximum absolute atomic E-state index is 11.9. The first kappa shape index (κ1) is 25.9. The van der Waals surface area contributed by atoms with Crippen molar-refractivity contribution in [3.8, 4) is 5.95 Å². The van der Waals surface area contributed by atoms with Crippen LogP contribution in [-0.2, 0) is 23.7 Å². The molecule has 3 N–H and O–H groups in total. The van der Waals surface area contributed by atoms with Crippen molar-refractivity contribution in [1.82, 2.24) is 34.6 Å². The number of hydrogen-bond acceptors (Lipinski definition) is 11. The van der Waals surface area contributed by atoms with Gasteiger partial charge in [0.25, 0.3) is 11.9 Å². The highest BCUT2D eigenvalue weighted by molar-refractivity contribution is 5.93. The van der Waals surface area contributed by atoms with Crippen LogP contribution in [0.15, 0.2) is 18.7 Å². The standard InChI is InChI=1S/C22H32N8O6/c1-12-14(10-33-21(2,3)32-7)34-20(36-22(4,5)35-12)29-11-25-15-16(23)27-19(28-17(15)29)30-9-13(8-26-30)18(31)24-6/h8-9,11-12,14,20H,10H2,1-7H3,(H,24,31)(H2,23,27,28)/t12-,14-,20-/m1/s1. The van der Waals surface area contributed by atoms with Crippen LogP contribution >= 0.6 is 0 Å². The third-order valence-corrected chi connectivity index (χ3v) is 5.70. The Balaban J connectivity index is 1.70. The molecule has 1 saturated heterocycles. The van der Waals surface area contributed by atoms with Crippen LogP contribution < -0.4 is 11.1 Å². The molecule has 0 aliphatic carbocycles. The van der Waals surface area contributed by atoms with Gasteiger partial charge in [0, 0.05) is 20.4 Å². The Morgan fingerprint density at radius 1 is 1.31 bits per heavy atom. The molecule has 1 aliphatic heterocycles. The Morgan fingerprint density at radius 2 is 2.06 bits per heavy atom. The minimum absolute atomic E-state index is 0.130. The number of aromatic nitrogens is 6. The molecule has 0 unspecified atom stereocenters. The molecule has 3 atom stereocenters. The van der Waals surface area contributed by atoms with E-state index in [0.717, 1.165) is 0 Å². The number of imidazole rings is 1. The van der Waals surface area contributed by atoms with Gasteiger partial charge in [-0.1, -0.05) is 0 Å². The van der Waals surface area contributed by atoms with Gasteiger partial charge >= 0.3 is 0 Å². The number of nitrogens with two attached hydrogens (primary N) is 1. The number of rotatable bonds is 7. The van der Waals surface area contributed by atoms with Gasteiger partial charge in [0.1, 0.15) is 12.4 Å². The molecule has 36 heavy (non-hydrogen) atoms. The molecular weight excluding hydrogens is 472 g/mol. The number of carbonyl (C=O) groups is 1. The molecule has 1 fully saturated rings. The molecule has 0 saturated carbocycles. The van der Waals surface area contributed by atoms with Crippen LogP contribution in [0.4, 0.5) is 5.82 Å². The summed E-state index contributed by atoms with van der Waals surface area (Å²) < 4.78 is 32.8. The van der Waals surface area contributed by atoms with Crippen molar-refractivity contribution >= 4 is 22.9 Å². The van der Waals surface area contributed by atoms with E-state index >= 15 is 0 Å². The van der Waals surface area contributed by atoms with E-state index in [1.54, 1.807) is 25.5 Å². The van der Waals surface area contributed by atoms with Crippen LogP contribution in [0.2, 0.25) is 0 Å². The zero-order valence-electron chi connectivity index (χ0n) is 21.4. The number of hydrogen-bond donors (Lipinski definition) is 2. The first-order chi connectivity index (χ1) is 16.9. The largest absolute Gasteiger partial charge is 0.382 e. The van der Waals surface area contributed by atoms with Gasteiger partial charge in [0.15, 0.2) is 28.6 Å². The maximum atomic E-state index is 11.9. The van der Waals surface area contributed by atoms with Crippen molar-refractivity contribution in [2.75, 3.05) is 26.5 Å². The molecule has 14 nitrogen and oxygen atoms in total. The van der Waals surface area contributed by atoms with Crippen LogP contribution in [0.3, 0.4) is 0 Å². The fourth-order valence-electron chi connectivity index (χ4n) is 3.60. The summed E-state index contributed by atoms with van der Waals surface area (Å²) in [6.07, 6.45) is 2.56. The summed E-state index contributed by atoms with van der Waals surface area (Å²) in [6.45, 7) is 9.27. The smallest absolute Gasteiger partial charge is 0.254 e. The Labute approximate surface area is 208 Å². The highest BCUT2D eigenvalue weighted by atomic mass is 16.8. The average Bonchev–Trinajstić information content (AvgIpc) is 3.45. The molecule has 1 aliphatic rings. The Kier molecular flexibility index (Phi) is 6.99. The maximum Gasteiger partial charge on any atom is 0.254 e. The van der Waals surface area contributed by atoms with Crippen LogP contribution in [0.5, 0.6) is 0 Å². The van der Waals surface area contributed by atoms with Crippen molar-refractivity contribution in [3.63, 3.8) is 0 Å². The molecule has 1 amide bonds. The molecule has 4 rings (SSSR count). The van der Waals surface area contributed by atoms with Crippen LogP contribution in [-0.4, -0.2) is 79.8 Å². The van der Waals surface area contributed by atoms with E-state index in [-0.39, 0.29) is 30.4 Å². The van der Waals surface area contributed by atoms with E-state index < -0.39 is 24.1 Å². The first-order valence-corrected chi connectivity index (χ1v) is 11.4. The van der Waals surface area contributed by atoms with Crippen LogP contribution in [0, 0.1) is 0 Å². The zero-order chi connectivity index (χ0) is 26.3. The van der Waals surface area contributed by atoms with E-state index in [9.17, 15) is 4.79 Å². The van der Waals surface area contributed by atoms with Crippen LogP contribution in [0.25, 0.3) is 17.1 Å². The summed E-state index contributed by atoms with van der Waals surface area (Å²) in [5.74, 6) is -1.82. The highest BCUT2D eigenvalue weighted by Crippen LogP contribution is 2.33. The summed E-state index contributed by atoms with van der Waals surface area (Å²) in [6, 6.07) is 0. The monoisotopic (exact) mass is 504 g/mol. The van der Waals surface area contributed by atoms with Crippen molar-refractivity contribution in [3.05, 3.63) is 24.3 Å². The number of nitrogens with zero attached hydrogens (tertiary/aromatic N) is 6. The number of methoxy groups -OCH3 is 1. The summed E-state index contributed by atoms with van der Waals surface area (Å²) in [4.78, 5) is 25.2. The number of fused-ring (bicyclic) bond motifs is 1. The van der Waals surface area contributed by atoms with Gasteiger partial charge in [0.2, 0.25) is 6.41 Å². The number of ether oxygens (including phenoxy) is 5. The molecule has 14 heteroatoms. The van der Waals surface area contributed by atoms with Gasteiger partial charge in [0.05, 0.1) is 24.5 Å². The van der Waals surface area contributed by atoms with Crippen molar-refractivity contribution in [1.29, 1.82) is 0 Å². The number of carbonyl (C=O) groups excluding carboxylic acids is 1. The second-order valence-electron chi connectivity index (χ2n) is 9.22. The van der Waals surface area contributed by atoms with Gasteiger partial charge in [-0.3, -0.25) is 9.36 Å². The van der Waals surface area contributed by atoms with Gasteiger partial charge in [-0.25, -0.2) is 9.67 Å². The second-order valence-corrected chi connectivity index (χ2v) is 9.22. The molecule has 4 heterocycles. The SMILES string of the molecule is CNC(=O)c1cnn(-c2nc(N)c3ncn([C@@H]4O[C@H](COC(C)(C)OC)[C@@H](C)OC(C)(C)O4)c3n2)c1. The Morgan fingerprint density at radius 3 is 2.75 bits per heavy atom. The number of nitrogens with one attached hydrogen (secondary N) is 1. The average molecular weight is 505 g/mol. The fraction of sp³-hybridized carbons (Fsp3) is 0.591. The van der Waals surface area contributed by atoms with Crippen molar-refractivity contribution in [2.24, 2.45) is 0 Å². The van der Waals surface area contributed by atoms with E-state index in [1.165, 1.54) is 30.5 Å². The zero-order valence-corrected chi connectivity index (χ0v) is 21.4. The lowest BCUT2D eigenvalue weighted by molar-refractivity contribution is -0.295. The summed E-state index contributed by atoms with van der Waals surface area (Å²) >= 11 is 0. The molecule has 196 valence electrons. The third kappa shape index (κ3) is 5.32. The quantitative estimate of drug-likeness (QED) is 0.447. The summed E-state index contributed by atoms with van der Waals surface area (Å²) in [7, 11) is 3.10. The number of amides is 1. The van der Waals surface area contributed by atoms with Crippen molar-refractivity contribution < 1.29 is 28.5 Å². The van der Waals surface area contributed by atoms with E-state index in [1.807, 2.05) is 20.8 Å². The minimum Gasteiger partial charge on any atom is -0.382 e. The lowest BCUT2D eigenvalue weighted by Gasteiger charge is -2.29. The molecule has 0 spiro atoms. The van der Waals surface area contributed by atoms with Gasteiger partial charge in [-0.15, -0.1) is 0 Å². The van der Waals surface area contributed by atoms with Crippen LogP contribution in [0.1, 0.15) is 51.4 Å². The minimum atomic E-state index is -1.00. The molecule has 0 bridgehead atoms. The normalized spacial score (nSPS) is 22.5. The van der Waals surface area contributed by atoms with Crippen molar-refractivity contribution in [2.45, 2.75) is 64.8 Å². The number of anilines is 1. The van der Waals surface area contributed by atoms with Gasteiger partial charge in [-0.2, -0.15) is 15.1 Å². The van der Waals surface area contributed by atoms with E-state index in [4.69, 9.17) is 29.4 Å².